The van der Waals surface area contributed by atoms with E-state index in [1.54, 1.807) is 6.07 Å². The quantitative estimate of drug-likeness (QED) is 0.781. The molecule has 0 saturated carbocycles. The maximum Gasteiger partial charge on any atom is 0.203 e. The fourth-order valence-electron chi connectivity index (χ4n) is 2.80. The number of carbonyl (C=O) groups excluding carboxylic acids is 1. The number of halogens is 1. The Kier molecular flexibility index (Phi) is 3.43. The van der Waals surface area contributed by atoms with E-state index in [0.717, 1.165) is 30.8 Å². The van der Waals surface area contributed by atoms with E-state index >= 15 is 0 Å². The Morgan fingerprint density at radius 2 is 2.44 bits per heavy atom. The summed E-state index contributed by atoms with van der Waals surface area (Å²) in [5.41, 5.74) is 0.448. The van der Waals surface area contributed by atoms with Gasteiger partial charge in [-0.05, 0) is 42.7 Å². The summed E-state index contributed by atoms with van der Waals surface area (Å²) in [4.78, 5) is 12.4. The molecule has 0 radical (unpaired) electrons. The number of hydrogen-bond acceptors (Lipinski definition) is 4. The SMILES string of the molecule is O=C(c1ccoc1Cl)C1CCOC2(CCSC2)C1. The number of furan rings is 1. The van der Waals surface area contributed by atoms with Crippen LogP contribution in [0.2, 0.25) is 5.22 Å². The molecule has 18 heavy (non-hydrogen) atoms. The second-order valence-corrected chi connectivity index (χ2v) is 6.44. The maximum atomic E-state index is 12.4. The van der Waals surface area contributed by atoms with Gasteiger partial charge in [-0.15, -0.1) is 0 Å². The van der Waals surface area contributed by atoms with Gasteiger partial charge in [0.25, 0.3) is 0 Å². The first-order valence-corrected chi connectivity index (χ1v) is 7.72. The minimum atomic E-state index is -0.0700. The van der Waals surface area contributed by atoms with Crippen LogP contribution >= 0.6 is 23.4 Å². The van der Waals surface area contributed by atoms with Gasteiger partial charge in [-0.1, -0.05) is 0 Å². The smallest absolute Gasteiger partial charge is 0.203 e. The molecule has 3 nitrogen and oxygen atoms in total. The summed E-state index contributed by atoms with van der Waals surface area (Å²) in [6.07, 6.45) is 4.13. The van der Waals surface area contributed by atoms with Crippen molar-refractivity contribution in [2.45, 2.75) is 24.9 Å². The summed E-state index contributed by atoms with van der Waals surface area (Å²) in [7, 11) is 0. The van der Waals surface area contributed by atoms with Crippen LogP contribution in [-0.2, 0) is 4.74 Å². The van der Waals surface area contributed by atoms with Gasteiger partial charge in [0.05, 0.1) is 17.4 Å². The normalized spacial score (nSPS) is 31.9. The molecule has 1 spiro atoms. The lowest BCUT2D eigenvalue weighted by Gasteiger charge is -2.37. The second-order valence-electron chi connectivity index (χ2n) is 5.00. The summed E-state index contributed by atoms with van der Waals surface area (Å²) in [5.74, 6) is 2.27. The van der Waals surface area contributed by atoms with Crippen LogP contribution in [0.5, 0.6) is 0 Å². The number of Topliss-reactive ketones (excluding diaryl/α,β-unsaturated/α-hetero) is 1. The Labute approximate surface area is 115 Å². The van der Waals surface area contributed by atoms with Crippen LogP contribution in [-0.4, -0.2) is 29.5 Å². The fourth-order valence-corrected chi connectivity index (χ4v) is 4.39. The molecule has 0 bridgehead atoms. The van der Waals surface area contributed by atoms with Crippen LogP contribution in [0.1, 0.15) is 29.6 Å². The Hall–Kier alpha value is -0.450. The first-order chi connectivity index (χ1) is 8.70. The third-order valence-electron chi connectivity index (χ3n) is 3.81. The van der Waals surface area contributed by atoms with Crippen molar-refractivity contribution >= 4 is 29.1 Å². The third kappa shape index (κ3) is 2.22. The van der Waals surface area contributed by atoms with E-state index in [1.807, 2.05) is 11.8 Å². The molecule has 2 aliphatic heterocycles. The minimum absolute atomic E-state index is 0.0209. The van der Waals surface area contributed by atoms with E-state index in [0.29, 0.717) is 12.2 Å². The highest BCUT2D eigenvalue weighted by Gasteiger charge is 2.42. The number of carbonyl (C=O) groups is 1. The van der Waals surface area contributed by atoms with Crippen LogP contribution < -0.4 is 0 Å². The van der Waals surface area contributed by atoms with E-state index in [2.05, 4.69) is 0 Å². The van der Waals surface area contributed by atoms with Gasteiger partial charge in [-0.3, -0.25) is 4.79 Å². The van der Waals surface area contributed by atoms with Gasteiger partial charge in [-0.2, -0.15) is 11.8 Å². The number of ether oxygens (including phenoxy) is 1. The van der Waals surface area contributed by atoms with Crippen molar-refractivity contribution in [2.24, 2.45) is 5.92 Å². The first-order valence-electron chi connectivity index (χ1n) is 6.19. The number of thioether (sulfide) groups is 1. The average Bonchev–Trinajstić information content (AvgIpc) is 2.98. The monoisotopic (exact) mass is 286 g/mol. The van der Waals surface area contributed by atoms with Gasteiger partial charge >= 0.3 is 0 Å². The molecule has 0 aromatic carbocycles. The van der Waals surface area contributed by atoms with Gasteiger partial charge < -0.3 is 9.15 Å². The molecule has 3 heterocycles. The van der Waals surface area contributed by atoms with Crippen molar-refractivity contribution in [3.05, 3.63) is 23.1 Å². The summed E-state index contributed by atoms with van der Waals surface area (Å²) < 4.78 is 10.9. The third-order valence-corrected chi connectivity index (χ3v) is 5.33. The number of hydrogen-bond donors (Lipinski definition) is 0. The fraction of sp³-hybridized carbons (Fsp3) is 0.615. The maximum absolute atomic E-state index is 12.4. The van der Waals surface area contributed by atoms with E-state index in [1.165, 1.54) is 6.26 Å². The Morgan fingerprint density at radius 3 is 3.11 bits per heavy atom. The van der Waals surface area contributed by atoms with Crippen LogP contribution in [0.15, 0.2) is 16.7 Å². The summed E-state index contributed by atoms with van der Waals surface area (Å²) in [6, 6.07) is 1.66. The van der Waals surface area contributed by atoms with Crippen molar-refractivity contribution in [3.63, 3.8) is 0 Å². The van der Waals surface area contributed by atoms with Crippen LogP contribution in [0.3, 0.4) is 0 Å². The molecule has 2 fully saturated rings. The molecular formula is C13H15ClO3S. The largest absolute Gasteiger partial charge is 0.452 e. The molecule has 3 rings (SSSR count). The van der Waals surface area contributed by atoms with Crippen molar-refractivity contribution in [1.29, 1.82) is 0 Å². The van der Waals surface area contributed by atoms with Gasteiger partial charge in [-0.25, -0.2) is 0 Å². The lowest BCUT2D eigenvalue weighted by Crippen LogP contribution is -2.42. The molecular weight excluding hydrogens is 272 g/mol. The lowest BCUT2D eigenvalue weighted by molar-refractivity contribution is -0.0734. The molecule has 98 valence electrons. The zero-order valence-corrected chi connectivity index (χ0v) is 11.6. The van der Waals surface area contributed by atoms with Crippen molar-refractivity contribution in [2.75, 3.05) is 18.1 Å². The average molecular weight is 287 g/mol. The molecule has 1 aromatic rings. The van der Waals surface area contributed by atoms with Crippen molar-refractivity contribution < 1.29 is 13.9 Å². The standard InChI is InChI=1S/C13H15ClO3S/c14-12-10(2-4-16-12)11(15)9-1-5-17-13(7-9)3-6-18-8-13/h2,4,9H,1,3,5-8H2. The lowest BCUT2D eigenvalue weighted by atomic mass is 9.82. The topological polar surface area (TPSA) is 39.4 Å². The predicted octanol–water partition coefficient (Wildman–Crippen LogP) is 3.42. The Morgan fingerprint density at radius 1 is 1.56 bits per heavy atom. The molecule has 2 saturated heterocycles. The Balaban J connectivity index is 1.76. The number of rotatable bonds is 2. The van der Waals surface area contributed by atoms with Gasteiger partial charge in [0.15, 0.2) is 5.78 Å². The highest BCUT2D eigenvalue weighted by molar-refractivity contribution is 7.99. The highest BCUT2D eigenvalue weighted by Crippen LogP contribution is 2.41. The van der Waals surface area contributed by atoms with Crippen molar-refractivity contribution in [1.82, 2.24) is 0 Å². The molecule has 5 heteroatoms. The van der Waals surface area contributed by atoms with Gasteiger partial charge in [0, 0.05) is 18.3 Å². The van der Waals surface area contributed by atoms with Crippen molar-refractivity contribution in [3.8, 4) is 0 Å². The number of ketones is 1. The first kappa shape index (κ1) is 12.6. The zero-order chi connectivity index (χ0) is 12.6. The summed E-state index contributed by atoms with van der Waals surface area (Å²) in [5, 5.41) is 0.210. The van der Waals surface area contributed by atoms with Crippen LogP contribution in [0.25, 0.3) is 0 Å². The van der Waals surface area contributed by atoms with E-state index < -0.39 is 0 Å². The summed E-state index contributed by atoms with van der Waals surface area (Å²) >= 11 is 7.80. The second kappa shape index (κ2) is 4.91. The molecule has 2 unspecified atom stereocenters. The van der Waals surface area contributed by atoms with Crippen LogP contribution in [0.4, 0.5) is 0 Å². The molecule has 0 amide bonds. The zero-order valence-electron chi connectivity index (χ0n) is 9.99. The van der Waals surface area contributed by atoms with Crippen LogP contribution in [0, 0.1) is 5.92 Å². The highest BCUT2D eigenvalue weighted by atomic mass is 35.5. The molecule has 2 aliphatic rings. The molecule has 2 atom stereocenters. The van der Waals surface area contributed by atoms with E-state index in [-0.39, 0.29) is 22.5 Å². The molecule has 1 aromatic heterocycles. The van der Waals surface area contributed by atoms with Gasteiger partial charge in [0.1, 0.15) is 0 Å². The predicted molar refractivity (Wildman–Crippen MR) is 71.4 cm³/mol. The van der Waals surface area contributed by atoms with Gasteiger partial charge in [0.2, 0.25) is 5.22 Å². The van der Waals surface area contributed by atoms with E-state index in [9.17, 15) is 4.79 Å². The Bertz CT molecular complexity index is 451. The van der Waals surface area contributed by atoms with E-state index in [4.69, 9.17) is 20.8 Å². The molecule has 0 N–H and O–H groups in total. The minimum Gasteiger partial charge on any atom is -0.452 e. The molecule has 0 aliphatic carbocycles. The summed E-state index contributed by atoms with van der Waals surface area (Å²) in [6.45, 7) is 0.673.